The standard InChI is InChI=1S/C20H22ClN3O4/c1-11-5-14(28-24-11)10-27-19-8-17-12(7-16(19)21)6-13(23-17)9-22-20(26)15-3-2-4-18(15)25/h5-8,15,18,23,25H,2-4,9-10H2,1H3,(H,22,26)/t15-,18+/m1/s1. The van der Waals surface area contributed by atoms with E-state index in [4.69, 9.17) is 20.9 Å². The molecule has 2 atom stereocenters. The van der Waals surface area contributed by atoms with Gasteiger partial charge in [-0.05, 0) is 38.3 Å². The molecule has 7 nitrogen and oxygen atoms in total. The molecular formula is C20H22ClN3O4. The number of aromatic nitrogens is 2. The van der Waals surface area contributed by atoms with Crippen LogP contribution in [-0.2, 0) is 17.9 Å². The highest BCUT2D eigenvalue weighted by atomic mass is 35.5. The molecule has 1 aliphatic carbocycles. The van der Waals surface area contributed by atoms with Crippen molar-refractivity contribution in [3.05, 3.63) is 46.4 Å². The number of halogens is 1. The number of hydrogen-bond acceptors (Lipinski definition) is 5. The summed E-state index contributed by atoms with van der Waals surface area (Å²) in [4.78, 5) is 15.5. The lowest BCUT2D eigenvalue weighted by Crippen LogP contribution is -2.34. The fourth-order valence-corrected chi connectivity index (χ4v) is 3.82. The van der Waals surface area contributed by atoms with Gasteiger partial charge < -0.3 is 24.7 Å². The molecule has 1 aliphatic rings. The summed E-state index contributed by atoms with van der Waals surface area (Å²) in [7, 11) is 0. The quantitative estimate of drug-likeness (QED) is 0.585. The number of nitrogens with one attached hydrogen (secondary N) is 2. The summed E-state index contributed by atoms with van der Waals surface area (Å²) in [5.41, 5.74) is 2.51. The highest BCUT2D eigenvalue weighted by molar-refractivity contribution is 6.32. The molecule has 148 valence electrons. The van der Waals surface area contributed by atoms with Gasteiger partial charge in [-0.25, -0.2) is 0 Å². The Labute approximate surface area is 167 Å². The predicted octanol–water partition coefficient (Wildman–Crippen LogP) is 3.47. The van der Waals surface area contributed by atoms with Gasteiger partial charge in [-0.15, -0.1) is 0 Å². The normalized spacial score (nSPS) is 19.2. The highest BCUT2D eigenvalue weighted by Crippen LogP contribution is 2.31. The van der Waals surface area contributed by atoms with Crippen molar-refractivity contribution in [1.29, 1.82) is 0 Å². The number of H-pyrrole nitrogens is 1. The Morgan fingerprint density at radius 3 is 2.96 bits per heavy atom. The van der Waals surface area contributed by atoms with Crippen molar-refractivity contribution in [2.45, 2.75) is 45.4 Å². The van der Waals surface area contributed by atoms with Crippen molar-refractivity contribution in [3.8, 4) is 5.75 Å². The summed E-state index contributed by atoms with van der Waals surface area (Å²) in [6, 6.07) is 7.40. The Kier molecular flexibility index (Phi) is 5.28. The van der Waals surface area contributed by atoms with Crippen molar-refractivity contribution < 1.29 is 19.2 Å². The van der Waals surface area contributed by atoms with E-state index in [2.05, 4.69) is 15.5 Å². The second kappa shape index (κ2) is 7.85. The van der Waals surface area contributed by atoms with Gasteiger partial charge in [0, 0.05) is 28.7 Å². The van der Waals surface area contributed by atoms with Crippen LogP contribution in [-0.4, -0.2) is 27.3 Å². The number of aliphatic hydroxyl groups excluding tert-OH is 1. The van der Waals surface area contributed by atoms with Gasteiger partial charge in [0.2, 0.25) is 5.91 Å². The van der Waals surface area contributed by atoms with Crippen LogP contribution in [0.4, 0.5) is 0 Å². The number of aliphatic hydroxyl groups is 1. The first-order valence-corrected chi connectivity index (χ1v) is 9.69. The minimum absolute atomic E-state index is 0.104. The number of nitrogens with zero attached hydrogens (tertiary/aromatic N) is 1. The van der Waals surface area contributed by atoms with E-state index in [9.17, 15) is 9.90 Å². The maximum absolute atomic E-state index is 12.2. The Morgan fingerprint density at radius 2 is 2.25 bits per heavy atom. The summed E-state index contributed by atoms with van der Waals surface area (Å²) in [5, 5.41) is 18.0. The molecule has 0 spiro atoms. The molecule has 0 unspecified atom stereocenters. The number of benzene rings is 1. The monoisotopic (exact) mass is 403 g/mol. The van der Waals surface area contributed by atoms with Crippen molar-refractivity contribution >= 4 is 28.4 Å². The fourth-order valence-electron chi connectivity index (χ4n) is 3.59. The lowest BCUT2D eigenvalue weighted by molar-refractivity contribution is -0.127. The van der Waals surface area contributed by atoms with E-state index in [-0.39, 0.29) is 18.4 Å². The maximum Gasteiger partial charge on any atom is 0.226 e. The lowest BCUT2D eigenvalue weighted by Gasteiger charge is -2.13. The van der Waals surface area contributed by atoms with Crippen molar-refractivity contribution in [2.24, 2.45) is 5.92 Å². The molecular weight excluding hydrogens is 382 g/mol. The Hall–Kier alpha value is -2.51. The van der Waals surface area contributed by atoms with E-state index in [0.29, 0.717) is 29.5 Å². The van der Waals surface area contributed by atoms with Crippen LogP contribution in [0.1, 0.15) is 36.4 Å². The van der Waals surface area contributed by atoms with Gasteiger partial charge in [0.25, 0.3) is 0 Å². The molecule has 2 heterocycles. The summed E-state index contributed by atoms with van der Waals surface area (Å²) >= 11 is 6.33. The fraction of sp³-hybridized carbons (Fsp3) is 0.400. The van der Waals surface area contributed by atoms with Crippen LogP contribution in [0.25, 0.3) is 10.9 Å². The number of carbonyl (C=O) groups excluding carboxylic acids is 1. The van der Waals surface area contributed by atoms with E-state index >= 15 is 0 Å². The summed E-state index contributed by atoms with van der Waals surface area (Å²) in [6.45, 7) is 2.44. The molecule has 3 N–H and O–H groups in total. The van der Waals surface area contributed by atoms with Gasteiger partial charge >= 0.3 is 0 Å². The van der Waals surface area contributed by atoms with Gasteiger partial charge in [-0.2, -0.15) is 0 Å². The molecule has 2 aromatic heterocycles. The van der Waals surface area contributed by atoms with E-state index in [1.165, 1.54) is 0 Å². The molecule has 4 rings (SSSR count). The molecule has 0 radical (unpaired) electrons. The van der Waals surface area contributed by atoms with Gasteiger partial charge in [-0.1, -0.05) is 16.8 Å². The zero-order valence-corrected chi connectivity index (χ0v) is 16.3. The van der Waals surface area contributed by atoms with Gasteiger partial charge in [-0.3, -0.25) is 4.79 Å². The minimum atomic E-state index is -0.533. The summed E-state index contributed by atoms with van der Waals surface area (Å²) in [6.07, 6.45) is 1.79. The summed E-state index contributed by atoms with van der Waals surface area (Å²) in [5.74, 6) is 0.749. The van der Waals surface area contributed by atoms with Gasteiger partial charge in [0.1, 0.15) is 12.4 Å². The zero-order valence-electron chi connectivity index (χ0n) is 15.5. The van der Waals surface area contributed by atoms with Crippen molar-refractivity contribution in [3.63, 3.8) is 0 Å². The van der Waals surface area contributed by atoms with E-state index in [1.54, 1.807) is 0 Å². The SMILES string of the molecule is Cc1cc(COc2cc3[nH]c(CNC(=O)[C@@H]4CCC[C@@H]4O)cc3cc2Cl)on1. The maximum atomic E-state index is 12.2. The predicted molar refractivity (Wildman–Crippen MR) is 104 cm³/mol. The Bertz CT molecular complexity index is 997. The molecule has 8 heteroatoms. The number of rotatable bonds is 6. The number of amides is 1. The number of aryl methyl sites for hydroxylation is 1. The van der Waals surface area contributed by atoms with Crippen LogP contribution in [0.15, 0.2) is 28.8 Å². The van der Waals surface area contributed by atoms with Crippen LogP contribution in [0.3, 0.4) is 0 Å². The Morgan fingerprint density at radius 1 is 1.39 bits per heavy atom. The van der Waals surface area contributed by atoms with E-state index in [0.717, 1.165) is 35.1 Å². The van der Waals surface area contributed by atoms with E-state index in [1.807, 2.05) is 31.2 Å². The summed E-state index contributed by atoms with van der Waals surface area (Å²) < 4.78 is 10.9. The average Bonchev–Trinajstić information content (AvgIpc) is 3.37. The molecule has 1 fully saturated rings. The number of aromatic amines is 1. The van der Waals surface area contributed by atoms with Crippen LogP contribution >= 0.6 is 11.6 Å². The largest absolute Gasteiger partial charge is 0.484 e. The first-order valence-electron chi connectivity index (χ1n) is 9.31. The molecule has 0 bridgehead atoms. The zero-order chi connectivity index (χ0) is 19.7. The van der Waals surface area contributed by atoms with Crippen LogP contribution < -0.4 is 10.1 Å². The van der Waals surface area contributed by atoms with Gasteiger partial charge in [0.05, 0.1) is 29.3 Å². The average molecular weight is 404 g/mol. The smallest absolute Gasteiger partial charge is 0.226 e. The number of hydrogen-bond donors (Lipinski definition) is 3. The molecule has 0 aliphatic heterocycles. The number of ether oxygens (including phenoxy) is 1. The van der Waals surface area contributed by atoms with Crippen molar-refractivity contribution in [1.82, 2.24) is 15.5 Å². The molecule has 1 saturated carbocycles. The van der Waals surface area contributed by atoms with E-state index < -0.39 is 6.10 Å². The number of carbonyl (C=O) groups is 1. The molecule has 1 amide bonds. The minimum Gasteiger partial charge on any atom is -0.484 e. The topological polar surface area (TPSA) is 100 Å². The lowest BCUT2D eigenvalue weighted by atomic mass is 10.1. The van der Waals surface area contributed by atoms with Crippen molar-refractivity contribution in [2.75, 3.05) is 0 Å². The highest BCUT2D eigenvalue weighted by Gasteiger charge is 2.31. The third-order valence-corrected chi connectivity index (χ3v) is 5.34. The third-order valence-electron chi connectivity index (χ3n) is 5.05. The first kappa shape index (κ1) is 18.8. The number of fused-ring (bicyclic) bond motifs is 1. The third kappa shape index (κ3) is 4.00. The second-order valence-corrected chi connectivity index (χ2v) is 7.62. The second-order valence-electron chi connectivity index (χ2n) is 7.21. The molecule has 3 aromatic rings. The van der Waals surface area contributed by atoms with Crippen LogP contribution in [0.2, 0.25) is 5.02 Å². The Balaban J connectivity index is 1.42. The van der Waals surface area contributed by atoms with Crippen LogP contribution in [0, 0.1) is 12.8 Å². The molecule has 0 saturated heterocycles. The van der Waals surface area contributed by atoms with Crippen LogP contribution in [0.5, 0.6) is 5.75 Å². The molecule has 1 aromatic carbocycles. The van der Waals surface area contributed by atoms with Gasteiger partial charge in [0.15, 0.2) is 5.76 Å². The molecule has 28 heavy (non-hydrogen) atoms. The first-order chi connectivity index (χ1) is 13.5.